The SMILES string of the molecule is Fc1c(Cl)cc(NCc2ccc(OC(F)F)cc2)cc1Cl. The molecule has 2 aromatic rings. The Morgan fingerprint density at radius 2 is 1.62 bits per heavy atom. The zero-order valence-corrected chi connectivity index (χ0v) is 12.1. The Morgan fingerprint density at radius 3 is 2.14 bits per heavy atom. The van der Waals surface area contributed by atoms with Crippen LogP contribution in [-0.2, 0) is 6.54 Å². The first-order chi connectivity index (χ1) is 9.95. The fraction of sp³-hybridized carbons (Fsp3) is 0.143. The molecule has 0 heterocycles. The van der Waals surface area contributed by atoms with Crippen molar-refractivity contribution in [1.82, 2.24) is 0 Å². The number of hydrogen-bond acceptors (Lipinski definition) is 2. The number of hydrogen-bond donors (Lipinski definition) is 1. The summed E-state index contributed by atoms with van der Waals surface area (Å²) in [6, 6.07) is 8.98. The van der Waals surface area contributed by atoms with E-state index in [9.17, 15) is 13.2 Å². The Bertz CT molecular complexity index is 597. The average Bonchev–Trinajstić information content (AvgIpc) is 2.43. The Morgan fingerprint density at radius 1 is 1.05 bits per heavy atom. The molecule has 0 saturated heterocycles. The van der Waals surface area contributed by atoms with Gasteiger partial charge in [-0.3, -0.25) is 0 Å². The summed E-state index contributed by atoms with van der Waals surface area (Å²) in [7, 11) is 0. The molecule has 0 aliphatic carbocycles. The minimum atomic E-state index is -2.85. The van der Waals surface area contributed by atoms with E-state index in [4.69, 9.17) is 23.2 Å². The highest BCUT2D eigenvalue weighted by molar-refractivity contribution is 6.35. The van der Waals surface area contributed by atoms with Gasteiger partial charge in [-0.15, -0.1) is 0 Å². The first-order valence-corrected chi connectivity index (χ1v) is 6.63. The zero-order valence-electron chi connectivity index (χ0n) is 10.5. The smallest absolute Gasteiger partial charge is 0.387 e. The van der Waals surface area contributed by atoms with Crippen LogP contribution in [0.5, 0.6) is 5.75 Å². The molecular weight excluding hydrogens is 326 g/mol. The molecule has 2 nitrogen and oxygen atoms in total. The largest absolute Gasteiger partial charge is 0.435 e. The molecule has 0 saturated carbocycles. The van der Waals surface area contributed by atoms with Gasteiger partial charge in [-0.1, -0.05) is 35.3 Å². The first-order valence-electron chi connectivity index (χ1n) is 5.88. The lowest BCUT2D eigenvalue weighted by molar-refractivity contribution is -0.0498. The highest BCUT2D eigenvalue weighted by Crippen LogP contribution is 2.27. The van der Waals surface area contributed by atoms with Crippen LogP contribution in [0.3, 0.4) is 0 Å². The second-order valence-corrected chi connectivity index (χ2v) is 4.94. The van der Waals surface area contributed by atoms with Gasteiger partial charge in [0.05, 0.1) is 10.0 Å². The van der Waals surface area contributed by atoms with E-state index in [0.717, 1.165) is 5.56 Å². The lowest BCUT2D eigenvalue weighted by Crippen LogP contribution is -2.03. The average molecular weight is 336 g/mol. The van der Waals surface area contributed by atoms with E-state index in [2.05, 4.69) is 10.1 Å². The number of halogens is 5. The topological polar surface area (TPSA) is 21.3 Å². The molecular formula is C14H10Cl2F3NO. The molecule has 21 heavy (non-hydrogen) atoms. The maximum absolute atomic E-state index is 13.3. The number of alkyl halides is 2. The summed E-state index contributed by atoms with van der Waals surface area (Å²) in [5.74, 6) is -0.584. The summed E-state index contributed by atoms with van der Waals surface area (Å²) in [6.45, 7) is -2.45. The third-order valence-corrected chi connectivity index (χ3v) is 3.18. The summed E-state index contributed by atoms with van der Waals surface area (Å²) in [5, 5.41) is 2.85. The molecule has 2 rings (SSSR count). The van der Waals surface area contributed by atoms with E-state index in [1.54, 1.807) is 12.1 Å². The number of anilines is 1. The maximum atomic E-state index is 13.3. The van der Waals surface area contributed by atoms with Gasteiger partial charge < -0.3 is 10.1 Å². The molecule has 0 radical (unpaired) electrons. The van der Waals surface area contributed by atoms with Crippen LogP contribution in [0.4, 0.5) is 18.9 Å². The van der Waals surface area contributed by atoms with Gasteiger partial charge >= 0.3 is 6.61 Å². The van der Waals surface area contributed by atoms with Gasteiger partial charge in [0.25, 0.3) is 0 Å². The monoisotopic (exact) mass is 335 g/mol. The quantitative estimate of drug-likeness (QED) is 0.744. The summed E-state index contributed by atoms with van der Waals surface area (Å²) < 4.78 is 41.5. The molecule has 0 unspecified atom stereocenters. The van der Waals surface area contributed by atoms with Gasteiger partial charge in [-0.05, 0) is 29.8 Å². The van der Waals surface area contributed by atoms with E-state index >= 15 is 0 Å². The van der Waals surface area contributed by atoms with E-state index in [-0.39, 0.29) is 15.8 Å². The number of rotatable bonds is 5. The predicted octanol–water partition coefficient (Wildman–Crippen LogP) is 5.35. The van der Waals surface area contributed by atoms with Crippen molar-refractivity contribution in [2.75, 3.05) is 5.32 Å². The van der Waals surface area contributed by atoms with Crippen molar-refractivity contribution in [3.63, 3.8) is 0 Å². The normalized spacial score (nSPS) is 10.8. The maximum Gasteiger partial charge on any atom is 0.387 e. The predicted molar refractivity (Wildman–Crippen MR) is 76.8 cm³/mol. The minimum Gasteiger partial charge on any atom is -0.435 e. The van der Waals surface area contributed by atoms with Crippen molar-refractivity contribution in [3.05, 3.63) is 57.8 Å². The van der Waals surface area contributed by atoms with E-state index in [1.807, 2.05) is 0 Å². The summed E-state index contributed by atoms with van der Waals surface area (Å²) in [5.41, 5.74) is 1.38. The highest BCUT2D eigenvalue weighted by Gasteiger charge is 2.07. The van der Waals surface area contributed by atoms with Gasteiger partial charge in [0.2, 0.25) is 0 Å². The van der Waals surface area contributed by atoms with Crippen LogP contribution < -0.4 is 10.1 Å². The summed E-state index contributed by atoms with van der Waals surface area (Å²) >= 11 is 11.4. The highest BCUT2D eigenvalue weighted by atomic mass is 35.5. The van der Waals surface area contributed by atoms with Crippen molar-refractivity contribution < 1.29 is 17.9 Å². The van der Waals surface area contributed by atoms with Crippen LogP contribution >= 0.6 is 23.2 Å². The number of benzene rings is 2. The first kappa shape index (κ1) is 15.8. The van der Waals surface area contributed by atoms with Crippen molar-refractivity contribution in [1.29, 1.82) is 0 Å². The Kier molecular flexibility index (Phi) is 5.20. The van der Waals surface area contributed by atoms with Gasteiger partial charge in [0, 0.05) is 12.2 Å². The lowest BCUT2D eigenvalue weighted by atomic mass is 10.2. The molecule has 0 aliphatic rings. The van der Waals surface area contributed by atoms with E-state index in [1.165, 1.54) is 24.3 Å². The third-order valence-electron chi connectivity index (χ3n) is 2.63. The van der Waals surface area contributed by atoms with Crippen LogP contribution in [0.1, 0.15) is 5.56 Å². The molecule has 0 atom stereocenters. The molecule has 1 N–H and O–H groups in total. The van der Waals surface area contributed by atoms with Crippen molar-refractivity contribution >= 4 is 28.9 Å². The molecule has 112 valence electrons. The van der Waals surface area contributed by atoms with Crippen LogP contribution in [0, 0.1) is 5.82 Å². The fourth-order valence-corrected chi connectivity index (χ4v) is 2.14. The van der Waals surface area contributed by atoms with Crippen molar-refractivity contribution in [2.24, 2.45) is 0 Å². The van der Waals surface area contributed by atoms with Gasteiger partial charge in [0.1, 0.15) is 5.75 Å². The second kappa shape index (κ2) is 6.91. The van der Waals surface area contributed by atoms with Crippen molar-refractivity contribution in [2.45, 2.75) is 13.2 Å². The zero-order chi connectivity index (χ0) is 15.4. The molecule has 0 aromatic heterocycles. The van der Waals surface area contributed by atoms with E-state index in [0.29, 0.717) is 12.2 Å². The minimum absolute atomic E-state index is 0.0781. The molecule has 0 amide bonds. The lowest BCUT2D eigenvalue weighted by Gasteiger charge is -2.09. The molecule has 0 bridgehead atoms. The number of ether oxygens (including phenoxy) is 1. The van der Waals surface area contributed by atoms with Crippen LogP contribution in [-0.4, -0.2) is 6.61 Å². The fourth-order valence-electron chi connectivity index (χ4n) is 1.65. The van der Waals surface area contributed by atoms with Crippen LogP contribution in [0.2, 0.25) is 10.0 Å². The standard InChI is InChI=1S/C14H10Cl2F3NO/c15-11-5-9(6-12(16)13(11)17)20-7-8-1-3-10(4-2-8)21-14(18)19/h1-6,14,20H,7H2. The van der Waals surface area contributed by atoms with E-state index < -0.39 is 12.4 Å². The molecule has 0 aliphatic heterocycles. The van der Waals surface area contributed by atoms with Gasteiger partial charge in [0.15, 0.2) is 5.82 Å². The Hall–Kier alpha value is -1.59. The van der Waals surface area contributed by atoms with Gasteiger partial charge in [-0.25, -0.2) is 4.39 Å². The Balaban J connectivity index is 2.00. The summed E-state index contributed by atoms with van der Waals surface area (Å²) in [4.78, 5) is 0. The Labute approximate surface area is 129 Å². The third kappa shape index (κ3) is 4.44. The van der Waals surface area contributed by atoms with Gasteiger partial charge in [-0.2, -0.15) is 8.78 Å². The molecule has 2 aromatic carbocycles. The van der Waals surface area contributed by atoms with Crippen LogP contribution in [0.15, 0.2) is 36.4 Å². The summed E-state index contributed by atoms with van der Waals surface area (Å²) in [6.07, 6.45) is 0. The van der Waals surface area contributed by atoms with Crippen molar-refractivity contribution in [3.8, 4) is 5.75 Å². The molecule has 0 spiro atoms. The number of nitrogens with one attached hydrogen (secondary N) is 1. The molecule has 0 fully saturated rings. The second-order valence-electron chi connectivity index (χ2n) is 4.13. The molecule has 7 heteroatoms. The van der Waals surface area contributed by atoms with Crippen LogP contribution in [0.25, 0.3) is 0 Å².